The molecule has 1 N–H and O–H groups in total. The zero-order valence-electron chi connectivity index (χ0n) is 11.8. The fourth-order valence-electron chi connectivity index (χ4n) is 1.50. The number of aliphatic hydroxyl groups is 1. The number of pyridine rings is 1. The van der Waals surface area contributed by atoms with Crippen LogP contribution in [-0.2, 0) is 0 Å². The smallest absolute Gasteiger partial charge is 0.138 e. The van der Waals surface area contributed by atoms with E-state index in [2.05, 4.69) is 5.10 Å². The minimum atomic E-state index is -0.574. The van der Waals surface area contributed by atoms with E-state index in [4.69, 9.17) is 9.84 Å². The Morgan fingerprint density at radius 2 is 2.00 bits per heavy atom. The molecule has 100 valence electrons. The second kappa shape index (κ2) is 5.87. The lowest BCUT2D eigenvalue weighted by Gasteiger charge is -2.23. The molecule has 0 atom stereocenters. The first kappa shape index (κ1) is 14.5. The fourth-order valence-corrected chi connectivity index (χ4v) is 1.50. The normalized spacial score (nSPS) is 11.0. The molecule has 0 aliphatic heterocycles. The van der Waals surface area contributed by atoms with Crippen LogP contribution in [-0.4, -0.2) is 26.9 Å². The SMILES string of the molecule is CC.Cc1cnn2cc(OC(C)(C)CO)ccc12. The van der Waals surface area contributed by atoms with Crippen molar-refractivity contribution in [2.45, 2.75) is 40.2 Å². The predicted molar refractivity (Wildman–Crippen MR) is 73.1 cm³/mol. The van der Waals surface area contributed by atoms with Crippen molar-refractivity contribution in [3.63, 3.8) is 0 Å². The average Bonchev–Trinajstić information content (AvgIpc) is 2.73. The number of fused-ring (bicyclic) bond motifs is 1. The highest BCUT2D eigenvalue weighted by Gasteiger charge is 2.18. The second-order valence-electron chi connectivity index (χ2n) is 4.54. The number of aryl methyl sites for hydroxylation is 1. The van der Waals surface area contributed by atoms with Gasteiger partial charge in [-0.2, -0.15) is 5.10 Å². The van der Waals surface area contributed by atoms with Crippen molar-refractivity contribution in [3.8, 4) is 5.75 Å². The average molecular weight is 250 g/mol. The van der Waals surface area contributed by atoms with E-state index in [-0.39, 0.29) is 6.61 Å². The first-order valence-electron chi connectivity index (χ1n) is 6.26. The van der Waals surface area contributed by atoms with Crippen molar-refractivity contribution in [2.75, 3.05) is 6.61 Å². The molecule has 0 aliphatic rings. The quantitative estimate of drug-likeness (QED) is 0.911. The van der Waals surface area contributed by atoms with Crippen LogP contribution >= 0.6 is 0 Å². The summed E-state index contributed by atoms with van der Waals surface area (Å²) in [7, 11) is 0. The van der Waals surface area contributed by atoms with Crippen molar-refractivity contribution in [1.82, 2.24) is 9.61 Å². The molecule has 0 unspecified atom stereocenters. The molecule has 18 heavy (non-hydrogen) atoms. The third-order valence-corrected chi connectivity index (χ3v) is 2.46. The summed E-state index contributed by atoms with van der Waals surface area (Å²) < 4.78 is 7.43. The lowest BCUT2D eigenvalue weighted by molar-refractivity contribution is 0.0408. The molecule has 2 rings (SSSR count). The van der Waals surface area contributed by atoms with E-state index in [0.717, 1.165) is 11.1 Å². The summed E-state index contributed by atoms with van der Waals surface area (Å²) in [6.45, 7) is 9.67. The van der Waals surface area contributed by atoms with Crippen molar-refractivity contribution in [2.24, 2.45) is 0 Å². The van der Waals surface area contributed by atoms with E-state index in [9.17, 15) is 0 Å². The number of hydrogen-bond donors (Lipinski definition) is 1. The Balaban J connectivity index is 0.000000771. The number of nitrogens with zero attached hydrogens (tertiary/aromatic N) is 2. The summed E-state index contributed by atoms with van der Waals surface area (Å²) in [5, 5.41) is 13.3. The lowest BCUT2D eigenvalue weighted by atomic mass is 10.1. The van der Waals surface area contributed by atoms with Crippen LogP contribution in [0, 0.1) is 6.92 Å². The third kappa shape index (κ3) is 3.23. The molecular weight excluding hydrogens is 228 g/mol. The monoisotopic (exact) mass is 250 g/mol. The first-order valence-corrected chi connectivity index (χ1v) is 6.26. The minimum absolute atomic E-state index is 0.0246. The molecule has 0 saturated heterocycles. The molecular formula is C14H22N2O2. The molecule has 0 aliphatic carbocycles. The Morgan fingerprint density at radius 3 is 2.61 bits per heavy atom. The Kier molecular flexibility index (Phi) is 4.73. The maximum atomic E-state index is 9.13. The van der Waals surface area contributed by atoms with Crippen LogP contribution < -0.4 is 4.74 Å². The summed E-state index contributed by atoms with van der Waals surface area (Å²) in [6.07, 6.45) is 3.63. The van der Waals surface area contributed by atoms with Crippen molar-refractivity contribution in [3.05, 3.63) is 30.1 Å². The molecule has 0 saturated carbocycles. The maximum absolute atomic E-state index is 9.13. The van der Waals surface area contributed by atoms with Gasteiger partial charge in [0.15, 0.2) is 0 Å². The molecule has 2 heterocycles. The molecule has 4 heteroatoms. The van der Waals surface area contributed by atoms with Gasteiger partial charge in [-0.3, -0.25) is 0 Å². The van der Waals surface area contributed by atoms with Gasteiger partial charge in [-0.05, 0) is 38.5 Å². The van der Waals surface area contributed by atoms with Crippen molar-refractivity contribution >= 4 is 5.52 Å². The van der Waals surface area contributed by atoms with E-state index in [0.29, 0.717) is 5.75 Å². The van der Waals surface area contributed by atoms with E-state index >= 15 is 0 Å². The Labute approximate surface area is 108 Å². The van der Waals surface area contributed by atoms with Gasteiger partial charge in [-0.15, -0.1) is 0 Å². The lowest BCUT2D eigenvalue weighted by Crippen LogP contribution is -2.32. The van der Waals surface area contributed by atoms with Crippen molar-refractivity contribution in [1.29, 1.82) is 0 Å². The number of rotatable bonds is 3. The Morgan fingerprint density at radius 1 is 1.33 bits per heavy atom. The van der Waals surface area contributed by atoms with Gasteiger partial charge in [0.05, 0.1) is 24.5 Å². The molecule has 2 aromatic rings. The van der Waals surface area contributed by atoms with Crippen LogP contribution in [0.5, 0.6) is 5.75 Å². The fraction of sp³-hybridized carbons (Fsp3) is 0.500. The first-order chi connectivity index (χ1) is 8.52. The molecule has 0 fully saturated rings. The highest BCUT2D eigenvalue weighted by molar-refractivity contribution is 5.54. The van der Waals surface area contributed by atoms with Crippen LogP contribution in [0.3, 0.4) is 0 Å². The number of aliphatic hydroxyl groups excluding tert-OH is 1. The predicted octanol–water partition coefficient (Wildman–Crippen LogP) is 2.82. The van der Waals surface area contributed by atoms with Crippen LogP contribution in [0.2, 0.25) is 0 Å². The van der Waals surface area contributed by atoms with Crippen LogP contribution in [0.15, 0.2) is 24.5 Å². The van der Waals surface area contributed by atoms with Crippen LogP contribution in [0.25, 0.3) is 5.52 Å². The maximum Gasteiger partial charge on any atom is 0.138 e. The second-order valence-corrected chi connectivity index (χ2v) is 4.54. The summed E-state index contributed by atoms with van der Waals surface area (Å²) in [5.41, 5.74) is 1.62. The molecule has 0 spiro atoms. The van der Waals surface area contributed by atoms with Gasteiger partial charge in [-0.25, -0.2) is 4.52 Å². The largest absolute Gasteiger partial charge is 0.484 e. The van der Waals surface area contributed by atoms with Gasteiger partial charge in [0.25, 0.3) is 0 Å². The van der Waals surface area contributed by atoms with Crippen molar-refractivity contribution < 1.29 is 9.84 Å². The molecule has 0 bridgehead atoms. The van der Waals surface area contributed by atoms with E-state index in [1.54, 1.807) is 4.52 Å². The molecule has 0 aromatic carbocycles. The summed E-state index contributed by atoms with van der Waals surface area (Å²) in [4.78, 5) is 0. The third-order valence-electron chi connectivity index (χ3n) is 2.46. The molecule has 0 amide bonds. The van der Waals surface area contributed by atoms with Gasteiger partial charge >= 0.3 is 0 Å². The summed E-state index contributed by atoms with van der Waals surface area (Å²) >= 11 is 0. The Bertz CT molecular complexity index is 503. The van der Waals surface area contributed by atoms with Gasteiger partial charge in [-0.1, -0.05) is 13.8 Å². The zero-order chi connectivity index (χ0) is 13.8. The highest BCUT2D eigenvalue weighted by atomic mass is 16.5. The minimum Gasteiger partial charge on any atom is -0.484 e. The van der Waals surface area contributed by atoms with Gasteiger partial charge in [0.2, 0.25) is 0 Å². The standard InChI is InChI=1S/C12H16N2O2.C2H6/c1-9-6-13-14-7-10(4-5-11(9)14)16-12(2,3)8-15;1-2/h4-7,15H,8H2,1-3H3;1-2H3. The number of hydrogen-bond acceptors (Lipinski definition) is 3. The summed E-state index contributed by atoms with van der Waals surface area (Å²) in [5.74, 6) is 0.703. The number of ether oxygens (including phenoxy) is 1. The summed E-state index contributed by atoms with van der Waals surface area (Å²) in [6, 6.07) is 3.85. The Hall–Kier alpha value is -1.55. The number of aromatic nitrogens is 2. The zero-order valence-corrected chi connectivity index (χ0v) is 11.8. The van der Waals surface area contributed by atoms with E-state index < -0.39 is 5.60 Å². The molecule has 0 radical (unpaired) electrons. The van der Waals surface area contributed by atoms with Crippen LogP contribution in [0.1, 0.15) is 33.3 Å². The van der Waals surface area contributed by atoms with E-state index in [1.807, 2.05) is 59.1 Å². The molecule has 4 nitrogen and oxygen atoms in total. The molecule has 2 aromatic heterocycles. The highest BCUT2D eigenvalue weighted by Crippen LogP contribution is 2.20. The van der Waals surface area contributed by atoms with Gasteiger partial charge in [0, 0.05) is 0 Å². The van der Waals surface area contributed by atoms with Crippen LogP contribution in [0.4, 0.5) is 0 Å². The topological polar surface area (TPSA) is 46.8 Å². The van der Waals surface area contributed by atoms with Gasteiger partial charge in [0.1, 0.15) is 11.4 Å². The van der Waals surface area contributed by atoms with Gasteiger partial charge < -0.3 is 9.84 Å². The van der Waals surface area contributed by atoms with E-state index in [1.165, 1.54) is 0 Å².